The van der Waals surface area contributed by atoms with E-state index in [1.54, 1.807) is 0 Å². The van der Waals surface area contributed by atoms with Gasteiger partial charge in [0.25, 0.3) is 0 Å². The Kier molecular flexibility index (Phi) is 2.10. The highest BCUT2D eigenvalue weighted by atomic mass is 16.5. The van der Waals surface area contributed by atoms with Crippen molar-refractivity contribution in [2.45, 2.75) is 24.9 Å². The lowest BCUT2D eigenvalue weighted by atomic mass is 9.82. The quantitative estimate of drug-likeness (QED) is 0.634. The number of rotatable bonds is 3. The first-order valence-corrected chi connectivity index (χ1v) is 4.77. The van der Waals surface area contributed by atoms with Crippen LogP contribution >= 0.6 is 0 Å². The largest absolute Gasteiger partial charge is 0.388 e. The van der Waals surface area contributed by atoms with Gasteiger partial charge in [-0.15, -0.1) is 0 Å². The van der Waals surface area contributed by atoms with Crippen LogP contribution in [0, 0.1) is 11.8 Å². The molecule has 1 saturated carbocycles. The molecule has 0 aromatic carbocycles. The minimum absolute atomic E-state index is 0.287. The zero-order valence-electron chi connectivity index (χ0n) is 7.33. The molecule has 2 unspecified atom stereocenters. The third-order valence-electron chi connectivity index (χ3n) is 3.25. The average Bonchev–Trinajstić information content (AvgIpc) is 2.80. The van der Waals surface area contributed by atoms with Gasteiger partial charge in [0, 0.05) is 19.1 Å². The first-order chi connectivity index (χ1) is 5.77. The van der Waals surface area contributed by atoms with Gasteiger partial charge in [-0.2, -0.15) is 0 Å². The zero-order chi connectivity index (χ0) is 8.60. The summed E-state index contributed by atoms with van der Waals surface area (Å²) in [7, 11) is 0. The average molecular weight is 171 g/mol. The summed E-state index contributed by atoms with van der Waals surface area (Å²) in [6.45, 7) is 1.88. The minimum Gasteiger partial charge on any atom is -0.388 e. The lowest BCUT2D eigenvalue weighted by Crippen LogP contribution is -2.47. The van der Waals surface area contributed by atoms with Crippen molar-refractivity contribution < 1.29 is 9.84 Å². The molecule has 3 nitrogen and oxygen atoms in total. The van der Waals surface area contributed by atoms with Gasteiger partial charge in [-0.1, -0.05) is 0 Å². The minimum atomic E-state index is -0.615. The predicted octanol–water partition coefficient (Wildman–Crippen LogP) is 0.123. The maximum absolute atomic E-state index is 10.3. The van der Waals surface area contributed by atoms with Crippen molar-refractivity contribution in [3.05, 3.63) is 0 Å². The molecule has 2 atom stereocenters. The van der Waals surface area contributed by atoms with Crippen molar-refractivity contribution in [3.8, 4) is 0 Å². The molecule has 1 heterocycles. The molecule has 0 radical (unpaired) electrons. The van der Waals surface area contributed by atoms with E-state index in [-0.39, 0.29) is 5.92 Å². The van der Waals surface area contributed by atoms with E-state index < -0.39 is 5.60 Å². The van der Waals surface area contributed by atoms with Crippen LogP contribution < -0.4 is 5.73 Å². The molecule has 12 heavy (non-hydrogen) atoms. The number of hydrogen-bond acceptors (Lipinski definition) is 3. The lowest BCUT2D eigenvalue weighted by molar-refractivity contribution is -0.0333. The molecule has 2 rings (SSSR count). The van der Waals surface area contributed by atoms with Gasteiger partial charge in [0.1, 0.15) is 0 Å². The van der Waals surface area contributed by atoms with Crippen LogP contribution in [-0.2, 0) is 4.74 Å². The van der Waals surface area contributed by atoms with Gasteiger partial charge in [0.05, 0.1) is 12.2 Å². The van der Waals surface area contributed by atoms with Crippen LogP contribution in [0.1, 0.15) is 19.3 Å². The van der Waals surface area contributed by atoms with Gasteiger partial charge in [-0.3, -0.25) is 0 Å². The molecule has 0 spiro atoms. The smallest absolute Gasteiger partial charge is 0.0848 e. The Morgan fingerprint density at radius 2 is 2.08 bits per heavy atom. The highest BCUT2D eigenvalue weighted by Gasteiger charge is 2.49. The number of hydrogen-bond donors (Lipinski definition) is 2. The molecule has 1 saturated heterocycles. The third-order valence-corrected chi connectivity index (χ3v) is 3.25. The lowest BCUT2D eigenvalue weighted by Gasteiger charge is -2.32. The number of aliphatic hydroxyl groups is 1. The van der Waals surface area contributed by atoms with Gasteiger partial charge in [-0.25, -0.2) is 0 Å². The van der Waals surface area contributed by atoms with E-state index in [0.717, 1.165) is 25.9 Å². The Labute approximate surface area is 72.9 Å². The molecule has 0 bridgehead atoms. The van der Waals surface area contributed by atoms with E-state index in [2.05, 4.69) is 0 Å². The van der Waals surface area contributed by atoms with Gasteiger partial charge in [-0.05, 0) is 25.2 Å². The van der Waals surface area contributed by atoms with Crippen molar-refractivity contribution in [2.24, 2.45) is 17.6 Å². The summed E-state index contributed by atoms with van der Waals surface area (Å²) >= 11 is 0. The Balaban J connectivity index is 2.03. The summed E-state index contributed by atoms with van der Waals surface area (Å²) in [5.74, 6) is 0.740. The molecule has 0 aromatic heterocycles. The Bertz CT molecular complexity index is 164. The normalized spacial score (nSPS) is 35.0. The summed E-state index contributed by atoms with van der Waals surface area (Å²) in [4.78, 5) is 0. The Hall–Kier alpha value is -0.120. The highest BCUT2D eigenvalue weighted by Crippen LogP contribution is 2.45. The van der Waals surface area contributed by atoms with Crippen LogP contribution in [0.15, 0.2) is 0 Å². The Morgan fingerprint density at radius 1 is 1.33 bits per heavy atom. The second kappa shape index (κ2) is 2.98. The maximum atomic E-state index is 10.3. The van der Waals surface area contributed by atoms with E-state index in [9.17, 15) is 5.11 Å². The van der Waals surface area contributed by atoms with E-state index >= 15 is 0 Å². The molecule has 3 heteroatoms. The van der Waals surface area contributed by atoms with Crippen molar-refractivity contribution in [2.75, 3.05) is 19.8 Å². The fourth-order valence-corrected chi connectivity index (χ4v) is 2.18. The van der Waals surface area contributed by atoms with Crippen LogP contribution in [-0.4, -0.2) is 30.5 Å². The summed E-state index contributed by atoms with van der Waals surface area (Å²) in [5, 5.41) is 10.3. The summed E-state index contributed by atoms with van der Waals surface area (Å²) in [6.07, 6.45) is 3.26. The van der Waals surface area contributed by atoms with E-state index in [1.807, 2.05) is 0 Å². The number of ether oxygens (including phenoxy) is 1. The molecule has 2 aliphatic rings. The molecule has 0 aromatic rings. The van der Waals surface area contributed by atoms with Crippen LogP contribution in [0.3, 0.4) is 0 Å². The van der Waals surface area contributed by atoms with Crippen LogP contribution in [0.2, 0.25) is 0 Å². The Morgan fingerprint density at radius 3 is 2.50 bits per heavy atom. The molecular weight excluding hydrogens is 154 g/mol. The molecule has 3 N–H and O–H groups in total. The topological polar surface area (TPSA) is 55.5 Å². The van der Waals surface area contributed by atoms with Crippen molar-refractivity contribution in [1.29, 1.82) is 0 Å². The summed E-state index contributed by atoms with van der Waals surface area (Å²) in [6, 6.07) is 0. The fourth-order valence-electron chi connectivity index (χ4n) is 2.18. The summed E-state index contributed by atoms with van der Waals surface area (Å²) in [5.41, 5.74) is 5.01. The zero-order valence-corrected chi connectivity index (χ0v) is 7.33. The highest BCUT2D eigenvalue weighted by molar-refractivity contribution is 5.00. The van der Waals surface area contributed by atoms with E-state index in [4.69, 9.17) is 10.5 Å². The monoisotopic (exact) mass is 171 g/mol. The summed E-state index contributed by atoms with van der Waals surface area (Å²) < 4.78 is 5.27. The molecular formula is C9H17NO2. The molecule has 70 valence electrons. The molecule has 1 aliphatic heterocycles. The SMILES string of the molecule is NCC(O)(C1CC1)C1CCOC1. The number of nitrogens with two attached hydrogens (primary N) is 1. The molecule has 1 aliphatic carbocycles. The second-order valence-electron chi connectivity index (χ2n) is 4.03. The van der Waals surface area contributed by atoms with Crippen LogP contribution in [0.4, 0.5) is 0 Å². The van der Waals surface area contributed by atoms with Crippen molar-refractivity contribution >= 4 is 0 Å². The second-order valence-corrected chi connectivity index (χ2v) is 4.03. The predicted molar refractivity (Wildman–Crippen MR) is 45.7 cm³/mol. The molecule has 0 amide bonds. The van der Waals surface area contributed by atoms with Crippen LogP contribution in [0.5, 0.6) is 0 Å². The molecule has 2 fully saturated rings. The maximum Gasteiger partial charge on any atom is 0.0848 e. The van der Waals surface area contributed by atoms with Crippen molar-refractivity contribution in [1.82, 2.24) is 0 Å². The third kappa shape index (κ3) is 1.26. The van der Waals surface area contributed by atoms with Crippen LogP contribution in [0.25, 0.3) is 0 Å². The fraction of sp³-hybridized carbons (Fsp3) is 1.00. The standard InChI is InChI=1S/C9H17NO2/c10-6-9(11,7-1-2-7)8-3-4-12-5-8/h7-8,11H,1-6,10H2. The first-order valence-electron chi connectivity index (χ1n) is 4.77. The van der Waals surface area contributed by atoms with Gasteiger partial charge >= 0.3 is 0 Å². The van der Waals surface area contributed by atoms with E-state index in [1.165, 1.54) is 0 Å². The van der Waals surface area contributed by atoms with Crippen molar-refractivity contribution in [3.63, 3.8) is 0 Å². The van der Waals surface area contributed by atoms with Gasteiger partial charge < -0.3 is 15.6 Å². The van der Waals surface area contributed by atoms with Gasteiger partial charge in [0.15, 0.2) is 0 Å². The van der Waals surface area contributed by atoms with Gasteiger partial charge in [0.2, 0.25) is 0 Å². The first kappa shape index (κ1) is 8.48. The van der Waals surface area contributed by atoms with E-state index in [0.29, 0.717) is 19.1 Å².